The highest BCUT2D eigenvalue weighted by Crippen LogP contribution is 2.11. The van der Waals surface area contributed by atoms with Crippen molar-refractivity contribution in [1.29, 1.82) is 0 Å². The fourth-order valence-corrected chi connectivity index (χ4v) is 1.76. The van der Waals surface area contributed by atoms with Crippen LogP contribution in [0.4, 0.5) is 0 Å². The topological polar surface area (TPSA) is 47.0 Å². The molecule has 0 aromatic carbocycles. The normalized spacial score (nSPS) is 11.5. The smallest absolute Gasteiger partial charge is 0.238 e. The first-order valence-electron chi connectivity index (χ1n) is 3.00. The fourth-order valence-electron chi connectivity index (χ4n) is 0.668. The van der Waals surface area contributed by atoms with Crippen molar-refractivity contribution in [1.82, 2.24) is 4.98 Å². The Kier molecular flexibility index (Phi) is 3.09. The molecule has 12 heavy (non-hydrogen) atoms. The van der Waals surface area contributed by atoms with Crippen LogP contribution in [0, 0.1) is 0 Å². The quantitative estimate of drug-likeness (QED) is 0.771. The van der Waals surface area contributed by atoms with Crippen LogP contribution in [0.2, 0.25) is 0 Å². The highest BCUT2D eigenvalue weighted by atomic mass is 79.9. The molecule has 0 atom stereocenters. The molecule has 3 nitrogen and oxygen atoms in total. The number of rotatable bonds is 2. The predicted octanol–water partition coefficient (Wildman–Crippen LogP) is 1.91. The van der Waals surface area contributed by atoms with E-state index in [1.807, 2.05) is 0 Å². The van der Waals surface area contributed by atoms with E-state index in [2.05, 4.69) is 20.9 Å². The SMILES string of the molecule is O=S(=O)(Cl)Cc1ccc(Br)cn1. The minimum atomic E-state index is -3.50. The van der Waals surface area contributed by atoms with Crippen LogP contribution in [0.5, 0.6) is 0 Å². The lowest BCUT2D eigenvalue weighted by Gasteiger charge is -1.95. The van der Waals surface area contributed by atoms with Crippen molar-refractivity contribution >= 4 is 35.7 Å². The Morgan fingerprint density at radius 2 is 2.17 bits per heavy atom. The summed E-state index contributed by atoms with van der Waals surface area (Å²) in [6, 6.07) is 3.31. The van der Waals surface area contributed by atoms with Crippen LogP contribution >= 0.6 is 26.6 Å². The van der Waals surface area contributed by atoms with E-state index >= 15 is 0 Å². The third-order valence-electron chi connectivity index (χ3n) is 1.11. The second-order valence-electron chi connectivity index (χ2n) is 2.15. The van der Waals surface area contributed by atoms with E-state index in [4.69, 9.17) is 10.7 Å². The molecule has 0 unspecified atom stereocenters. The molecule has 0 N–H and O–H groups in total. The Morgan fingerprint density at radius 1 is 1.50 bits per heavy atom. The second kappa shape index (κ2) is 3.72. The summed E-state index contributed by atoms with van der Waals surface area (Å²) in [5.41, 5.74) is 0.438. The predicted molar refractivity (Wildman–Crippen MR) is 50.4 cm³/mol. The third-order valence-corrected chi connectivity index (χ3v) is 2.55. The molecule has 1 heterocycles. The van der Waals surface area contributed by atoms with Crippen LogP contribution in [-0.4, -0.2) is 13.4 Å². The number of hydrogen-bond acceptors (Lipinski definition) is 3. The Labute approximate surface area is 83.3 Å². The summed E-state index contributed by atoms with van der Waals surface area (Å²) >= 11 is 3.18. The minimum Gasteiger partial charge on any atom is -0.259 e. The monoisotopic (exact) mass is 269 g/mol. The highest BCUT2D eigenvalue weighted by Gasteiger charge is 2.07. The molecular weight excluding hydrogens is 265 g/mol. The standard InChI is InChI=1S/C6H5BrClNO2S/c7-5-1-2-6(9-3-5)4-12(8,10)11/h1-3H,4H2. The van der Waals surface area contributed by atoms with Crippen molar-refractivity contribution in [3.63, 3.8) is 0 Å². The lowest BCUT2D eigenvalue weighted by molar-refractivity contribution is 0.608. The van der Waals surface area contributed by atoms with E-state index in [1.165, 1.54) is 6.20 Å². The molecule has 0 aliphatic heterocycles. The molecular formula is C6H5BrClNO2S. The van der Waals surface area contributed by atoms with Crippen LogP contribution in [0.3, 0.4) is 0 Å². The van der Waals surface area contributed by atoms with Gasteiger partial charge in [0.25, 0.3) is 0 Å². The molecule has 1 rings (SSSR count). The first-order chi connectivity index (χ1) is 5.47. The number of nitrogens with zero attached hydrogens (tertiary/aromatic N) is 1. The van der Waals surface area contributed by atoms with Crippen molar-refractivity contribution in [2.45, 2.75) is 5.75 Å². The van der Waals surface area contributed by atoms with E-state index in [9.17, 15) is 8.42 Å². The molecule has 0 amide bonds. The average molecular weight is 271 g/mol. The maximum absolute atomic E-state index is 10.6. The first kappa shape index (κ1) is 9.95. The van der Waals surface area contributed by atoms with Gasteiger partial charge < -0.3 is 0 Å². The molecule has 6 heteroatoms. The minimum absolute atomic E-state index is 0.234. The molecule has 0 saturated carbocycles. The van der Waals surface area contributed by atoms with Gasteiger partial charge in [-0.1, -0.05) is 0 Å². The van der Waals surface area contributed by atoms with Gasteiger partial charge in [0.1, 0.15) is 5.75 Å². The Hall–Kier alpha value is -0.130. The molecule has 0 aliphatic rings. The first-order valence-corrected chi connectivity index (χ1v) is 6.27. The summed E-state index contributed by atoms with van der Waals surface area (Å²) in [5.74, 6) is -0.234. The van der Waals surface area contributed by atoms with Crippen molar-refractivity contribution < 1.29 is 8.42 Å². The second-order valence-corrected chi connectivity index (χ2v) is 5.84. The van der Waals surface area contributed by atoms with Gasteiger partial charge in [-0.3, -0.25) is 4.98 Å². The van der Waals surface area contributed by atoms with E-state index in [0.717, 1.165) is 4.47 Å². The molecule has 0 spiro atoms. The summed E-state index contributed by atoms with van der Waals surface area (Å²) in [5, 5.41) is 0. The van der Waals surface area contributed by atoms with Crippen molar-refractivity contribution in [2.24, 2.45) is 0 Å². The zero-order valence-electron chi connectivity index (χ0n) is 5.87. The zero-order valence-corrected chi connectivity index (χ0v) is 9.03. The number of pyridine rings is 1. The van der Waals surface area contributed by atoms with E-state index < -0.39 is 9.05 Å². The maximum atomic E-state index is 10.6. The lowest BCUT2D eigenvalue weighted by atomic mass is 10.4. The van der Waals surface area contributed by atoms with Crippen LogP contribution < -0.4 is 0 Å². The summed E-state index contributed by atoms with van der Waals surface area (Å²) < 4.78 is 22.0. The van der Waals surface area contributed by atoms with Gasteiger partial charge in [-0.25, -0.2) is 8.42 Å². The number of hydrogen-bond donors (Lipinski definition) is 0. The van der Waals surface area contributed by atoms with Gasteiger partial charge in [-0.05, 0) is 28.1 Å². The Morgan fingerprint density at radius 3 is 2.58 bits per heavy atom. The molecule has 1 aromatic rings. The Balaban J connectivity index is 2.85. The van der Waals surface area contributed by atoms with Crippen LogP contribution in [0.1, 0.15) is 5.69 Å². The van der Waals surface area contributed by atoms with E-state index in [-0.39, 0.29) is 5.75 Å². The van der Waals surface area contributed by atoms with Crippen LogP contribution in [-0.2, 0) is 14.8 Å². The molecule has 0 aliphatic carbocycles. The summed E-state index contributed by atoms with van der Waals surface area (Å²) in [6.07, 6.45) is 1.53. The summed E-state index contributed by atoms with van der Waals surface area (Å²) in [4.78, 5) is 3.85. The summed E-state index contributed by atoms with van der Waals surface area (Å²) in [7, 11) is 1.53. The molecule has 0 radical (unpaired) electrons. The van der Waals surface area contributed by atoms with Crippen molar-refractivity contribution in [3.05, 3.63) is 28.5 Å². The Bertz CT molecular complexity index is 362. The number of halogens is 2. The molecule has 0 bridgehead atoms. The van der Waals surface area contributed by atoms with Gasteiger partial charge in [-0.15, -0.1) is 0 Å². The van der Waals surface area contributed by atoms with Gasteiger partial charge in [0.05, 0.1) is 5.69 Å². The third kappa shape index (κ3) is 3.51. The van der Waals surface area contributed by atoms with E-state index in [0.29, 0.717) is 5.69 Å². The largest absolute Gasteiger partial charge is 0.259 e. The lowest BCUT2D eigenvalue weighted by Crippen LogP contribution is -1.96. The molecule has 0 fully saturated rings. The van der Waals surface area contributed by atoms with E-state index in [1.54, 1.807) is 12.1 Å². The highest BCUT2D eigenvalue weighted by molar-refractivity contribution is 9.10. The van der Waals surface area contributed by atoms with Crippen molar-refractivity contribution in [3.8, 4) is 0 Å². The zero-order chi connectivity index (χ0) is 9.19. The van der Waals surface area contributed by atoms with Crippen LogP contribution in [0.15, 0.2) is 22.8 Å². The fraction of sp³-hybridized carbons (Fsp3) is 0.167. The van der Waals surface area contributed by atoms with Crippen LogP contribution in [0.25, 0.3) is 0 Å². The average Bonchev–Trinajstić information content (AvgIpc) is 1.91. The number of aromatic nitrogens is 1. The maximum Gasteiger partial charge on any atom is 0.238 e. The molecule has 66 valence electrons. The van der Waals surface area contributed by atoms with Crippen molar-refractivity contribution in [2.75, 3.05) is 0 Å². The summed E-state index contributed by atoms with van der Waals surface area (Å²) in [6.45, 7) is 0. The van der Waals surface area contributed by atoms with Gasteiger partial charge in [0.15, 0.2) is 0 Å². The van der Waals surface area contributed by atoms with Gasteiger partial charge >= 0.3 is 0 Å². The van der Waals surface area contributed by atoms with Gasteiger partial charge in [0, 0.05) is 21.4 Å². The van der Waals surface area contributed by atoms with Gasteiger partial charge in [-0.2, -0.15) is 0 Å². The molecule has 1 aromatic heterocycles. The molecule has 0 saturated heterocycles. The van der Waals surface area contributed by atoms with Gasteiger partial charge in [0.2, 0.25) is 9.05 Å².